The minimum Gasteiger partial charge on any atom is -0.848 e. The predicted molar refractivity (Wildman–Crippen MR) is 198 cm³/mol. The van der Waals surface area contributed by atoms with Crippen LogP contribution in [0.2, 0.25) is 0 Å². The number of hydrogen-bond donors (Lipinski definition) is 0. The number of aryl methyl sites for hydroxylation is 2. The molecule has 4 aromatic carbocycles. The zero-order valence-corrected chi connectivity index (χ0v) is 30.5. The molecule has 3 heterocycles. The molecule has 258 valence electrons. The third-order valence-corrected chi connectivity index (χ3v) is 9.89. The molecule has 7 rings (SSSR count). The van der Waals surface area contributed by atoms with Crippen molar-refractivity contribution in [2.45, 2.75) is 20.0 Å². The summed E-state index contributed by atoms with van der Waals surface area (Å²) in [6.07, 6.45) is -4.51. The van der Waals surface area contributed by atoms with Gasteiger partial charge in [0.25, 0.3) is 0 Å². The number of alkyl halides is 3. The van der Waals surface area contributed by atoms with Crippen LogP contribution < -0.4 is 21.0 Å². The summed E-state index contributed by atoms with van der Waals surface area (Å²) in [6.45, 7) is 1.91. The summed E-state index contributed by atoms with van der Waals surface area (Å²) in [7, 11) is -0.877. The first-order valence-corrected chi connectivity index (χ1v) is 17.2. The Morgan fingerprint density at radius 3 is 1.20 bits per heavy atom. The molecule has 1 aliphatic heterocycles. The number of fused-ring (bicyclic) bond motifs is 1. The van der Waals surface area contributed by atoms with Crippen molar-refractivity contribution < 1.29 is 37.8 Å². The van der Waals surface area contributed by atoms with E-state index in [1.807, 2.05) is 74.5 Å². The molecule has 0 atom stereocenters. The molecule has 0 aliphatic carbocycles. The Kier molecular flexibility index (Phi) is 14.4. The van der Waals surface area contributed by atoms with E-state index in [2.05, 4.69) is 116 Å². The van der Waals surface area contributed by atoms with E-state index < -0.39 is 20.7 Å². The first-order chi connectivity index (χ1) is 24.2. The molecule has 51 heavy (non-hydrogen) atoms. The van der Waals surface area contributed by atoms with Gasteiger partial charge in [-0.15, -0.1) is 0 Å². The summed E-state index contributed by atoms with van der Waals surface area (Å²) in [5, 5.41) is 17.8. The van der Waals surface area contributed by atoms with E-state index in [-0.39, 0.29) is 19.5 Å². The van der Waals surface area contributed by atoms with Gasteiger partial charge in [0.1, 0.15) is 15.9 Å². The minimum absolute atomic E-state index is 0. The van der Waals surface area contributed by atoms with Crippen molar-refractivity contribution in [2.75, 3.05) is 6.61 Å². The molecule has 11 heteroatoms. The monoisotopic (exact) mass is 790 g/mol. The van der Waals surface area contributed by atoms with Crippen molar-refractivity contribution in [1.82, 2.24) is 9.97 Å². The summed E-state index contributed by atoms with van der Waals surface area (Å²) < 4.78 is 31.4. The van der Waals surface area contributed by atoms with Crippen LogP contribution in [0.3, 0.4) is 0 Å². The van der Waals surface area contributed by atoms with E-state index in [0.717, 1.165) is 22.5 Å². The van der Waals surface area contributed by atoms with Crippen LogP contribution in [0.1, 0.15) is 22.5 Å². The molecule has 2 aromatic heterocycles. The SMILES string of the molecule is Cc1cccc(/N=C2\[N-]/C(=N\c3cccc(C)n3)c3ccccc32)n1.[O-]CC(F)(F)F.[Ru+2].c1ccc([PH+](c2ccccc2)c2ccccc2)cc1. The Bertz CT molecular complexity index is 1870. The number of nitrogens with zero attached hydrogens (tertiary/aromatic N) is 5. The standard InChI is InChI=1S/C20H16N5.C18H15P.C2H2F3O.Ru/c1-13-7-5-11-17(21-13)23-19-15-9-3-4-10-16(15)20(25-19)24-18-12-6-8-14(2)22-18;1-4-10-16(11-5-1)19(17-12-6-2-7-13-17)18-14-8-3-9-15-18;3-2(4,5)1-6;/h3-12H,1-2H3;1-15H;1H2;/q-1;;-1;+2/p+1. The van der Waals surface area contributed by atoms with E-state index in [0.29, 0.717) is 23.3 Å². The van der Waals surface area contributed by atoms with Crippen molar-refractivity contribution in [3.63, 3.8) is 0 Å². The zero-order chi connectivity index (χ0) is 35.3. The van der Waals surface area contributed by atoms with Crippen molar-refractivity contribution in [3.05, 3.63) is 179 Å². The predicted octanol–water partition coefficient (Wildman–Crippen LogP) is 7.72. The molecular formula is C40H34F3N5OPRu+. The fourth-order valence-electron chi connectivity index (χ4n) is 4.98. The van der Waals surface area contributed by atoms with E-state index in [9.17, 15) is 13.2 Å². The number of amidine groups is 2. The Labute approximate surface area is 309 Å². The summed E-state index contributed by atoms with van der Waals surface area (Å²) >= 11 is 0. The second-order valence-electron chi connectivity index (χ2n) is 11.0. The first kappa shape index (κ1) is 38.9. The molecule has 0 spiro atoms. The Morgan fingerprint density at radius 1 is 0.549 bits per heavy atom. The minimum atomic E-state index is -4.51. The van der Waals surface area contributed by atoms with Gasteiger partial charge in [-0.3, -0.25) is 9.97 Å². The van der Waals surface area contributed by atoms with Crippen molar-refractivity contribution in [1.29, 1.82) is 0 Å². The third kappa shape index (κ3) is 11.6. The molecule has 0 bridgehead atoms. The maximum absolute atomic E-state index is 10.5. The van der Waals surface area contributed by atoms with Crippen LogP contribution in [0.4, 0.5) is 24.8 Å². The van der Waals surface area contributed by atoms with E-state index in [1.54, 1.807) is 0 Å². The van der Waals surface area contributed by atoms with Crippen molar-refractivity contribution >= 4 is 47.1 Å². The largest absolute Gasteiger partial charge is 2.00 e. The smallest absolute Gasteiger partial charge is 0.848 e. The first-order valence-electron chi connectivity index (χ1n) is 15.7. The van der Waals surface area contributed by atoms with E-state index in [1.165, 1.54) is 15.9 Å². The molecule has 0 amide bonds. The topological polar surface area (TPSA) is 87.7 Å². The summed E-state index contributed by atoms with van der Waals surface area (Å²) in [5.41, 5.74) is 3.76. The molecule has 1 aliphatic rings. The maximum Gasteiger partial charge on any atom is 2.00 e. The number of benzene rings is 4. The van der Waals surface area contributed by atoms with Crippen LogP contribution in [0.5, 0.6) is 0 Å². The number of rotatable bonds is 5. The number of aromatic nitrogens is 2. The van der Waals surface area contributed by atoms with Gasteiger partial charge < -0.3 is 20.4 Å². The average Bonchev–Trinajstić information content (AvgIpc) is 3.46. The Morgan fingerprint density at radius 2 is 0.882 bits per heavy atom. The molecule has 0 N–H and O–H groups in total. The molecule has 0 saturated carbocycles. The fourth-order valence-corrected chi connectivity index (χ4v) is 7.55. The van der Waals surface area contributed by atoms with Gasteiger partial charge in [-0.2, -0.15) is 13.2 Å². The van der Waals surface area contributed by atoms with Gasteiger partial charge in [0.2, 0.25) is 0 Å². The summed E-state index contributed by atoms with van der Waals surface area (Å²) in [4.78, 5) is 18.1. The van der Waals surface area contributed by atoms with Crippen LogP contribution in [0.15, 0.2) is 162 Å². The average molecular weight is 790 g/mol. The van der Waals surface area contributed by atoms with E-state index in [4.69, 9.17) is 5.11 Å². The quantitative estimate of drug-likeness (QED) is 0.133. The van der Waals surface area contributed by atoms with Crippen LogP contribution >= 0.6 is 7.92 Å². The third-order valence-electron chi connectivity index (χ3n) is 7.16. The van der Waals surface area contributed by atoms with Crippen LogP contribution in [0, 0.1) is 13.8 Å². The van der Waals surface area contributed by atoms with Gasteiger partial charge in [-0.1, -0.05) is 91.0 Å². The van der Waals surface area contributed by atoms with Crippen molar-refractivity contribution in [3.8, 4) is 0 Å². The Balaban J connectivity index is 0.000000199. The Hall–Kier alpha value is -4.88. The van der Waals surface area contributed by atoms with Crippen molar-refractivity contribution in [2.24, 2.45) is 9.98 Å². The second-order valence-corrected chi connectivity index (χ2v) is 13.5. The molecule has 6 nitrogen and oxygen atoms in total. The van der Waals surface area contributed by atoms with Crippen LogP contribution in [0.25, 0.3) is 5.32 Å². The number of hydrogen-bond acceptors (Lipinski definition) is 5. The van der Waals surface area contributed by atoms with Gasteiger partial charge in [-0.05, 0) is 92.2 Å². The fraction of sp³-hybridized carbons (Fsp3) is 0.100. The summed E-state index contributed by atoms with van der Waals surface area (Å²) in [6, 6.07) is 52.0. The number of aliphatic imine (C=N–C) groups is 2. The molecule has 0 saturated heterocycles. The van der Waals surface area contributed by atoms with Crippen LogP contribution in [-0.2, 0) is 19.5 Å². The summed E-state index contributed by atoms with van der Waals surface area (Å²) in [5.74, 6) is 2.53. The normalized spacial score (nSPS) is 13.2. The molecule has 0 radical (unpaired) electrons. The molecular weight excluding hydrogens is 756 g/mol. The zero-order valence-electron chi connectivity index (χ0n) is 27.8. The van der Waals surface area contributed by atoms with E-state index >= 15 is 0 Å². The van der Waals surface area contributed by atoms with Gasteiger partial charge in [0, 0.05) is 23.1 Å². The molecule has 0 unspecified atom stereocenters. The van der Waals surface area contributed by atoms with Crippen LogP contribution in [-0.4, -0.2) is 34.4 Å². The number of pyridine rings is 2. The van der Waals surface area contributed by atoms with Gasteiger partial charge in [0.15, 0.2) is 0 Å². The second kappa shape index (κ2) is 18.9. The van der Waals surface area contributed by atoms with Gasteiger partial charge in [0.05, 0.1) is 19.6 Å². The number of halogens is 3. The van der Waals surface area contributed by atoms with Gasteiger partial charge >= 0.3 is 25.7 Å². The van der Waals surface area contributed by atoms with Gasteiger partial charge in [-0.25, -0.2) is 0 Å². The molecule has 0 fully saturated rings. The molecule has 6 aromatic rings. The maximum atomic E-state index is 10.5.